The molecule has 1 aromatic rings. The van der Waals surface area contributed by atoms with E-state index in [0.717, 1.165) is 23.9 Å². The molecule has 0 unspecified atom stereocenters. The van der Waals surface area contributed by atoms with Gasteiger partial charge in [-0.1, -0.05) is 13.0 Å². The largest absolute Gasteiger partial charge is 0.478 e. The zero-order chi connectivity index (χ0) is 8.81. The molecule has 0 saturated heterocycles. The summed E-state index contributed by atoms with van der Waals surface area (Å²) in [5.41, 5.74) is 0. The highest BCUT2D eigenvalue weighted by Gasteiger charge is 1.95. The monoisotopic (exact) mass is 183 g/mol. The second-order valence-electron chi connectivity index (χ2n) is 2.37. The maximum absolute atomic E-state index is 5.37. The van der Waals surface area contributed by atoms with Crippen LogP contribution in [0.5, 0.6) is 5.88 Å². The molecule has 3 heteroatoms. The Labute approximate surface area is 77.3 Å². The first-order valence-corrected chi connectivity index (χ1v) is 5.23. The number of nitrogens with zero attached hydrogens (tertiary/aromatic N) is 1. The Kier molecular flexibility index (Phi) is 3.94. The van der Waals surface area contributed by atoms with Gasteiger partial charge in [0.15, 0.2) is 0 Å². The lowest BCUT2D eigenvalue weighted by Crippen LogP contribution is -1.97. The second-order valence-corrected chi connectivity index (χ2v) is 3.19. The van der Waals surface area contributed by atoms with E-state index < -0.39 is 0 Å². The zero-order valence-electron chi connectivity index (χ0n) is 7.41. The molecule has 0 N–H and O–H groups in total. The molecule has 0 spiro atoms. The van der Waals surface area contributed by atoms with Crippen LogP contribution in [-0.2, 0) is 0 Å². The minimum atomic E-state index is 0.726. The average Bonchev–Trinajstić information content (AvgIpc) is 2.15. The van der Waals surface area contributed by atoms with Gasteiger partial charge in [-0.3, -0.25) is 0 Å². The first-order valence-electron chi connectivity index (χ1n) is 4.00. The number of hydrogen-bond acceptors (Lipinski definition) is 3. The summed E-state index contributed by atoms with van der Waals surface area (Å²) < 4.78 is 5.37. The maximum atomic E-state index is 5.37. The molecular weight excluding hydrogens is 170 g/mol. The number of aromatic nitrogens is 1. The third kappa shape index (κ3) is 2.74. The molecule has 2 nitrogen and oxygen atoms in total. The van der Waals surface area contributed by atoms with Crippen LogP contribution in [-0.4, -0.2) is 17.8 Å². The molecule has 1 rings (SSSR count). The standard InChI is InChI=1S/C9H13NOS/c1-3-7-11-8-5-4-6-9(10-8)12-2/h4-6H,3,7H2,1-2H3. The Hall–Kier alpha value is -0.700. The molecule has 0 radical (unpaired) electrons. The fourth-order valence-electron chi connectivity index (χ4n) is 0.797. The number of hydrogen-bond donors (Lipinski definition) is 0. The lowest BCUT2D eigenvalue weighted by atomic mass is 10.5. The van der Waals surface area contributed by atoms with Crippen molar-refractivity contribution < 1.29 is 4.74 Å². The third-order valence-corrected chi connectivity index (χ3v) is 2.01. The highest BCUT2D eigenvalue weighted by atomic mass is 32.2. The van der Waals surface area contributed by atoms with Gasteiger partial charge in [0.25, 0.3) is 0 Å². The summed E-state index contributed by atoms with van der Waals surface area (Å²) in [6.07, 6.45) is 3.02. The first kappa shape index (κ1) is 9.39. The predicted octanol–water partition coefficient (Wildman–Crippen LogP) is 2.59. The molecule has 0 aliphatic carbocycles. The van der Waals surface area contributed by atoms with E-state index in [4.69, 9.17) is 4.74 Å². The minimum absolute atomic E-state index is 0.726. The van der Waals surface area contributed by atoms with Gasteiger partial charge < -0.3 is 4.74 Å². The van der Waals surface area contributed by atoms with Crippen molar-refractivity contribution in [1.29, 1.82) is 0 Å². The summed E-state index contributed by atoms with van der Waals surface area (Å²) in [7, 11) is 0. The molecule has 12 heavy (non-hydrogen) atoms. The van der Waals surface area contributed by atoms with Crippen molar-refractivity contribution in [1.82, 2.24) is 4.98 Å². The van der Waals surface area contributed by atoms with Crippen LogP contribution in [0.4, 0.5) is 0 Å². The van der Waals surface area contributed by atoms with E-state index in [2.05, 4.69) is 11.9 Å². The van der Waals surface area contributed by atoms with Crippen LogP contribution >= 0.6 is 11.8 Å². The molecule has 0 aliphatic heterocycles. The van der Waals surface area contributed by atoms with Crippen LogP contribution in [0.1, 0.15) is 13.3 Å². The molecule has 0 amide bonds. The van der Waals surface area contributed by atoms with Crippen molar-refractivity contribution in [3.05, 3.63) is 18.2 Å². The Morgan fingerprint density at radius 1 is 1.50 bits per heavy atom. The highest BCUT2D eigenvalue weighted by Crippen LogP contribution is 2.15. The number of thioether (sulfide) groups is 1. The smallest absolute Gasteiger partial charge is 0.214 e. The molecule has 66 valence electrons. The highest BCUT2D eigenvalue weighted by molar-refractivity contribution is 7.98. The van der Waals surface area contributed by atoms with Gasteiger partial charge in [0.05, 0.1) is 11.6 Å². The Bertz CT molecular complexity index is 240. The van der Waals surface area contributed by atoms with Crippen LogP contribution in [0.25, 0.3) is 0 Å². The Morgan fingerprint density at radius 3 is 3.00 bits per heavy atom. The predicted molar refractivity (Wildman–Crippen MR) is 51.8 cm³/mol. The minimum Gasteiger partial charge on any atom is -0.478 e. The molecular formula is C9H13NOS. The van der Waals surface area contributed by atoms with Crippen molar-refractivity contribution in [3.8, 4) is 5.88 Å². The number of rotatable bonds is 4. The van der Waals surface area contributed by atoms with E-state index in [-0.39, 0.29) is 0 Å². The lowest BCUT2D eigenvalue weighted by Gasteiger charge is -2.03. The van der Waals surface area contributed by atoms with Gasteiger partial charge in [-0.25, -0.2) is 4.98 Å². The van der Waals surface area contributed by atoms with Gasteiger partial charge in [-0.2, -0.15) is 0 Å². The van der Waals surface area contributed by atoms with Crippen LogP contribution < -0.4 is 4.74 Å². The van der Waals surface area contributed by atoms with Gasteiger partial charge in [0.1, 0.15) is 0 Å². The topological polar surface area (TPSA) is 22.1 Å². The summed E-state index contributed by atoms with van der Waals surface area (Å²) in [5, 5.41) is 1.00. The zero-order valence-corrected chi connectivity index (χ0v) is 8.23. The summed E-state index contributed by atoms with van der Waals surface area (Å²) >= 11 is 1.63. The fourth-order valence-corrected chi connectivity index (χ4v) is 1.19. The quantitative estimate of drug-likeness (QED) is 0.670. The average molecular weight is 183 g/mol. The molecule has 0 aliphatic rings. The van der Waals surface area contributed by atoms with Gasteiger partial charge in [-0.05, 0) is 18.7 Å². The molecule has 0 fully saturated rings. The van der Waals surface area contributed by atoms with Gasteiger partial charge in [0.2, 0.25) is 5.88 Å². The molecule has 1 heterocycles. The maximum Gasteiger partial charge on any atom is 0.214 e. The second kappa shape index (κ2) is 5.04. The van der Waals surface area contributed by atoms with Crippen molar-refractivity contribution in [3.63, 3.8) is 0 Å². The van der Waals surface area contributed by atoms with E-state index in [9.17, 15) is 0 Å². The Morgan fingerprint density at radius 2 is 2.33 bits per heavy atom. The lowest BCUT2D eigenvalue weighted by molar-refractivity contribution is 0.303. The molecule has 0 aromatic carbocycles. The SMILES string of the molecule is CCCOc1cccc(SC)n1. The van der Waals surface area contributed by atoms with E-state index in [0.29, 0.717) is 0 Å². The van der Waals surface area contributed by atoms with Crippen LogP contribution in [0.15, 0.2) is 23.2 Å². The summed E-state index contributed by atoms with van der Waals surface area (Å²) in [6.45, 7) is 2.82. The van der Waals surface area contributed by atoms with E-state index in [1.807, 2.05) is 24.5 Å². The van der Waals surface area contributed by atoms with Crippen LogP contribution in [0.3, 0.4) is 0 Å². The van der Waals surface area contributed by atoms with E-state index in [1.54, 1.807) is 11.8 Å². The van der Waals surface area contributed by atoms with Crippen molar-refractivity contribution in [2.75, 3.05) is 12.9 Å². The van der Waals surface area contributed by atoms with Gasteiger partial charge in [-0.15, -0.1) is 11.8 Å². The molecule has 1 aromatic heterocycles. The van der Waals surface area contributed by atoms with Crippen LogP contribution in [0.2, 0.25) is 0 Å². The summed E-state index contributed by atoms with van der Waals surface area (Å²) in [6, 6.07) is 5.82. The number of pyridine rings is 1. The summed E-state index contributed by atoms with van der Waals surface area (Å²) in [4.78, 5) is 4.27. The van der Waals surface area contributed by atoms with Crippen molar-refractivity contribution in [2.24, 2.45) is 0 Å². The first-order chi connectivity index (χ1) is 5.86. The normalized spacial score (nSPS) is 9.83. The van der Waals surface area contributed by atoms with E-state index >= 15 is 0 Å². The van der Waals surface area contributed by atoms with Gasteiger partial charge in [0, 0.05) is 6.07 Å². The Balaban J connectivity index is 2.60. The molecule has 0 saturated carbocycles. The summed E-state index contributed by atoms with van der Waals surface area (Å²) in [5.74, 6) is 0.726. The molecule has 0 atom stereocenters. The number of ether oxygens (including phenoxy) is 1. The van der Waals surface area contributed by atoms with Crippen molar-refractivity contribution in [2.45, 2.75) is 18.4 Å². The van der Waals surface area contributed by atoms with Crippen molar-refractivity contribution >= 4 is 11.8 Å². The fraction of sp³-hybridized carbons (Fsp3) is 0.444. The third-order valence-electron chi connectivity index (χ3n) is 1.36. The van der Waals surface area contributed by atoms with E-state index in [1.165, 1.54) is 0 Å². The van der Waals surface area contributed by atoms with Gasteiger partial charge >= 0.3 is 0 Å². The van der Waals surface area contributed by atoms with Crippen LogP contribution in [0, 0.1) is 0 Å². The molecule has 0 bridgehead atoms.